The van der Waals surface area contributed by atoms with E-state index in [2.05, 4.69) is 31.3 Å². The summed E-state index contributed by atoms with van der Waals surface area (Å²) in [6, 6.07) is 18.5. The third kappa shape index (κ3) is 4.59. The van der Waals surface area contributed by atoms with Crippen molar-refractivity contribution < 1.29 is 4.74 Å². The zero-order valence-electron chi connectivity index (χ0n) is 12.8. The lowest BCUT2D eigenvalue weighted by molar-refractivity contribution is 0.447. The van der Waals surface area contributed by atoms with Crippen LogP contribution < -0.4 is 15.8 Å². The summed E-state index contributed by atoms with van der Waals surface area (Å²) in [5, 5.41) is 3.54. The molecule has 0 aromatic heterocycles. The quantitative estimate of drug-likeness (QED) is 0.811. The maximum absolute atomic E-state index is 5.91. The van der Waals surface area contributed by atoms with Gasteiger partial charge in [-0.1, -0.05) is 37.3 Å². The van der Waals surface area contributed by atoms with Gasteiger partial charge in [-0.3, -0.25) is 0 Å². The Hall–Kier alpha value is -1.84. The van der Waals surface area contributed by atoms with Gasteiger partial charge in [-0.05, 0) is 43.2 Å². The summed E-state index contributed by atoms with van der Waals surface area (Å²) < 4.78 is 5.88. The summed E-state index contributed by atoms with van der Waals surface area (Å²) in [5.41, 5.74) is 7.07. The van der Waals surface area contributed by atoms with Gasteiger partial charge in [0.2, 0.25) is 0 Å². The number of benzene rings is 2. The second-order valence-electron chi connectivity index (χ2n) is 5.25. The Labute approximate surface area is 127 Å². The Bertz CT molecular complexity index is 542. The molecule has 2 unspecified atom stereocenters. The van der Waals surface area contributed by atoms with Crippen LogP contribution in [0.1, 0.15) is 31.9 Å². The first-order valence-electron chi connectivity index (χ1n) is 7.52. The molecule has 2 rings (SSSR count). The van der Waals surface area contributed by atoms with Crippen molar-refractivity contribution >= 4 is 0 Å². The van der Waals surface area contributed by atoms with Crippen molar-refractivity contribution in [3.8, 4) is 11.5 Å². The largest absolute Gasteiger partial charge is 0.457 e. The van der Waals surface area contributed by atoms with Gasteiger partial charge in [0.05, 0.1) is 0 Å². The molecule has 2 atom stereocenters. The summed E-state index contributed by atoms with van der Waals surface area (Å²) in [6.45, 7) is 4.91. The highest BCUT2D eigenvalue weighted by molar-refractivity contribution is 5.35. The van der Waals surface area contributed by atoms with Crippen LogP contribution >= 0.6 is 0 Å². The Morgan fingerprint density at radius 1 is 1.05 bits per heavy atom. The Morgan fingerprint density at radius 3 is 2.43 bits per heavy atom. The maximum Gasteiger partial charge on any atom is 0.127 e. The van der Waals surface area contributed by atoms with Crippen LogP contribution in [0.2, 0.25) is 0 Å². The number of hydrogen-bond donors (Lipinski definition) is 2. The number of ether oxygens (including phenoxy) is 1. The molecule has 0 saturated heterocycles. The fourth-order valence-corrected chi connectivity index (χ4v) is 2.18. The highest BCUT2D eigenvalue weighted by Crippen LogP contribution is 2.24. The van der Waals surface area contributed by atoms with E-state index >= 15 is 0 Å². The van der Waals surface area contributed by atoms with Gasteiger partial charge in [-0.2, -0.15) is 0 Å². The average Bonchev–Trinajstić information content (AvgIpc) is 2.53. The molecule has 0 bridgehead atoms. The fourth-order valence-electron chi connectivity index (χ4n) is 2.18. The van der Waals surface area contributed by atoms with Crippen LogP contribution in [0, 0.1) is 0 Å². The molecule has 0 aliphatic carbocycles. The predicted molar refractivity (Wildman–Crippen MR) is 87.6 cm³/mol. The first kappa shape index (κ1) is 15.5. The molecule has 3 heteroatoms. The normalized spacial score (nSPS) is 13.7. The van der Waals surface area contributed by atoms with E-state index in [-0.39, 0.29) is 6.04 Å². The van der Waals surface area contributed by atoms with Crippen molar-refractivity contribution in [1.82, 2.24) is 5.32 Å². The molecule has 2 aromatic rings. The van der Waals surface area contributed by atoms with E-state index in [4.69, 9.17) is 10.5 Å². The van der Waals surface area contributed by atoms with Crippen molar-refractivity contribution in [2.24, 2.45) is 5.73 Å². The molecular formula is C18H24N2O. The Balaban J connectivity index is 2.12. The molecule has 2 aromatic carbocycles. The first-order valence-corrected chi connectivity index (χ1v) is 7.52. The van der Waals surface area contributed by atoms with Crippen LogP contribution in [0.3, 0.4) is 0 Å². The van der Waals surface area contributed by atoms with Crippen LogP contribution in [-0.2, 0) is 0 Å². The topological polar surface area (TPSA) is 47.3 Å². The molecule has 0 fully saturated rings. The third-order valence-corrected chi connectivity index (χ3v) is 3.57. The van der Waals surface area contributed by atoms with Gasteiger partial charge in [-0.15, -0.1) is 0 Å². The number of nitrogens with two attached hydrogens (primary N) is 1. The van der Waals surface area contributed by atoms with Gasteiger partial charge in [0.15, 0.2) is 0 Å². The number of hydrogen-bond acceptors (Lipinski definition) is 3. The number of rotatable bonds is 7. The molecule has 112 valence electrons. The van der Waals surface area contributed by atoms with Gasteiger partial charge in [-0.25, -0.2) is 0 Å². The van der Waals surface area contributed by atoms with Crippen LogP contribution in [0.5, 0.6) is 11.5 Å². The standard InChI is InChI=1S/C18H24N2O/c1-3-14(2)20-18(13-19)15-8-7-11-17(12-15)21-16-9-5-4-6-10-16/h4-12,14,18,20H,3,13,19H2,1-2H3. The SMILES string of the molecule is CCC(C)NC(CN)c1cccc(Oc2ccccc2)c1. The summed E-state index contributed by atoms with van der Waals surface area (Å²) in [4.78, 5) is 0. The van der Waals surface area contributed by atoms with E-state index in [9.17, 15) is 0 Å². The van der Waals surface area contributed by atoms with Crippen LogP contribution in [0.4, 0.5) is 0 Å². The van der Waals surface area contributed by atoms with E-state index in [0.717, 1.165) is 23.5 Å². The van der Waals surface area contributed by atoms with E-state index in [0.29, 0.717) is 12.6 Å². The predicted octanol–water partition coefficient (Wildman–Crippen LogP) is 3.87. The Kier molecular flexibility index (Phi) is 5.78. The summed E-state index contributed by atoms with van der Waals surface area (Å²) in [7, 11) is 0. The summed E-state index contributed by atoms with van der Waals surface area (Å²) in [5.74, 6) is 1.68. The Morgan fingerprint density at radius 2 is 1.76 bits per heavy atom. The van der Waals surface area contributed by atoms with E-state index in [1.165, 1.54) is 0 Å². The molecule has 3 N–H and O–H groups in total. The minimum atomic E-state index is 0.152. The third-order valence-electron chi connectivity index (χ3n) is 3.57. The van der Waals surface area contributed by atoms with Crippen molar-refractivity contribution in [2.75, 3.05) is 6.54 Å². The van der Waals surface area contributed by atoms with Gasteiger partial charge in [0, 0.05) is 18.6 Å². The molecule has 0 aliphatic heterocycles. The number of para-hydroxylation sites is 1. The number of nitrogens with one attached hydrogen (secondary N) is 1. The molecule has 0 saturated carbocycles. The lowest BCUT2D eigenvalue weighted by Crippen LogP contribution is -2.34. The first-order chi connectivity index (χ1) is 10.2. The fraction of sp³-hybridized carbons (Fsp3) is 0.333. The van der Waals surface area contributed by atoms with Crippen molar-refractivity contribution in [1.29, 1.82) is 0 Å². The van der Waals surface area contributed by atoms with Gasteiger partial charge in [0.1, 0.15) is 11.5 Å². The molecule has 0 spiro atoms. The van der Waals surface area contributed by atoms with Crippen molar-refractivity contribution in [3.05, 3.63) is 60.2 Å². The average molecular weight is 284 g/mol. The minimum Gasteiger partial charge on any atom is -0.457 e. The summed E-state index contributed by atoms with van der Waals surface area (Å²) in [6.07, 6.45) is 1.08. The zero-order chi connectivity index (χ0) is 15.1. The van der Waals surface area contributed by atoms with Gasteiger partial charge in [0.25, 0.3) is 0 Å². The van der Waals surface area contributed by atoms with E-state index in [1.807, 2.05) is 42.5 Å². The molecule has 0 aliphatic rings. The molecular weight excluding hydrogens is 260 g/mol. The smallest absolute Gasteiger partial charge is 0.127 e. The monoisotopic (exact) mass is 284 g/mol. The molecule has 21 heavy (non-hydrogen) atoms. The zero-order valence-corrected chi connectivity index (χ0v) is 12.8. The molecule has 0 heterocycles. The molecule has 0 radical (unpaired) electrons. The van der Waals surface area contributed by atoms with Crippen LogP contribution in [0.15, 0.2) is 54.6 Å². The lowest BCUT2D eigenvalue weighted by atomic mass is 10.1. The molecule has 0 amide bonds. The van der Waals surface area contributed by atoms with Gasteiger partial charge >= 0.3 is 0 Å². The second kappa shape index (κ2) is 7.81. The van der Waals surface area contributed by atoms with E-state index in [1.54, 1.807) is 0 Å². The van der Waals surface area contributed by atoms with Crippen LogP contribution in [0.25, 0.3) is 0 Å². The van der Waals surface area contributed by atoms with Crippen molar-refractivity contribution in [2.45, 2.75) is 32.4 Å². The summed E-state index contributed by atoms with van der Waals surface area (Å²) >= 11 is 0. The molecule has 3 nitrogen and oxygen atoms in total. The highest BCUT2D eigenvalue weighted by Gasteiger charge is 2.12. The maximum atomic E-state index is 5.91. The highest BCUT2D eigenvalue weighted by atomic mass is 16.5. The van der Waals surface area contributed by atoms with Gasteiger partial charge < -0.3 is 15.8 Å². The lowest BCUT2D eigenvalue weighted by Gasteiger charge is -2.22. The van der Waals surface area contributed by atoms with E-state index < -0.39 is 0 Å². The minimum absolute atomic E-state index is 0.152. The van der Waals surface area contributed by atoms with Crippen molar-refractivity contribution in [3.63, 3.8) is 0 Å². The van der Waals surface area contributed by atoms with Crippen LogP contribution in [-0.4, -0.2) is 12.6 Å². The second-order valence-corrected chi connectivity index (χ2v) is 5.25.